The number of alkyl carbamates (subject to hydrolysis) is 1. The van der Waals surface area contributed by atoms with E-state index in [9.17, 15) is 4.79 Å². The summed E-state index contributed by atoms with van der Waals surface area (Å²) >= 11 is 0. The first-order chi connectivity index (χ1) is 7.56. The van der Waals surface area contributed by atoms with E-state index >= 15 is 0 Å². The van der Waals surface area contributed by atoms with Crippen LogP contribution in [0.2, 0.25) is 0 Å². The number of carbonyl (C=O) groups is 1. The smallest absolute Gasteiger partial charge is 0.407 e. The highest BCUT2D eigenvalue weighted by atomic mass is 16.6. The summed E-state index contributed by atoms with van der Waals surface area (Å²) < 4.78 is 5.23. The SMILES string of the molecule is CC(C)(C)OC(=O)NC(CCCO)C(C)(C)C. The fraction of sp³-hybridized carbons (Fsp3) is 0.923. The van der Waals surface area contributed by atoms with Crippen molar-refractivity contribution in [2.45, 2.75) is 66.0 Å². The van der Waals surface area contributed by atoms with Gasteiger partial charge in [0.1, 0.15) is 5.60 Å². The van der Waals surface area contributed by atoms with Crippen molar-refractivity contribution in [3.05, 3.63) is 0 Å². The summed E-state index contributed by atoms with van der Waals surface area (Å²) in [5, 5.41) is 11.7. The van der Waals surface area contributed by atoms with E-state index in [4.69, 9.17) is 9.84 Å². The van der Waals surface area contributed by atoms with Gasteiger partial charge in [-0.25, -0.2) is 4.79 Å². The van der Waals surface area contributed by atoms with Crippen LogP contribution in [0.3, 0.4) is 0 Å². The van der Waals surface area contributed by atoms with Crippen LogP contribution in [-0.4, -0.2) is 29.4 Å². The molecule has 1 unspecified atom stereocenters. The van der Waals surface area contributed by atoms with E-state index in [0.717, 1.165) is 6.42 Å². The van der Waals surface area contributed by atoms with Gasteiger partial charge in [0.05, 0.1) is 0 Å². The van der Waals surface area contributed by atoms with Crippen molar-refractivity contribution in [3.63, 3.8) is 0 Å². The van der Waals surface area contributed by atoms with Crippen LogP contribution >= 0.6 is 0 Å². The molecule has 102 valence electrons. The summed E-state index contributed by atoms with van der Waals surface area (Å²) in [6.07, 6.45) is 1.03. The molecule has 0 aromatic carbocycles. The Bertz CT molecular complexity index is 238. The predicted molar refractivity (Wildman–Crippen MR) is 68.9 cm³/mol. The maximum atomic E-state index is 11.7. The van der Waals surface area contributed by atoms with E-state index in [1.165, 1.54) is 0 Å². The van der Waals surface area contributed by atoms with Crippen LogP contribution in [0.4, 0.5) is 4.79 Å². The average Bonchev–Trinajstić information content (AvgIpc) is 2.07. The first kappa shape index (κ1) is 16.2. The third kappa shape index (κ3) is 8.02. The standard InChI is InChI=1S/C13H27NO3/c1-12(2,3)10(8-7-9-15)14-11(16)17-13(4,5)6/h10,15H,7-9H2,1-6H3,(H,14,16). The van der Waals surface area contributed by atoms with E-state index in [1.54, 1.807) is 0 Å². The fourth-order valence-electron chi connectivity index (χ4n) is 1.47. The van der Waals surface area contributed by atoms with Gasteiger partial charge in [0.15, 0.2) is 0 Å². The lowest BCUT2D eigenvalue weighted by Gasteiger charge is -2.32. The first-order valence-corrected chi connectivity index (χ1v) is 6.16. The van der Waals surface area contributed by atoms with Crippen molar-refractivity contribution < 1.29 is 14.6 Å². The summed E-state index contributed by atoms with van der Waals surface area (Å²) in [5.41, 5.74) is -0.532. The Morgan fingerprint density at radius 1 is 1.24 bits per heavy atom. The second-order valence-corrected chi connectivity index (χ2v) is 6.43. The minimum Gasteiger partial charge on any atom is -0.444 e. The number of amides is 1. The predicted octanol–water partition coefficient (Wildman–Crippen LogP) is 2.70. The van der Waals surface area contributed by atoms with E-state index in [0.29, 0.717) is 6.42 Å². The molecule has 0 saturated carbocycles. The molecule has 0 radical (unpaired) electrons. The quantitative estimate of drug-likeness (QED) is 0.800. The fourth-order valence-corrected chi connectivity index (χ4v) is 1.47. The van der Waals surface area contributed by atoms with Gasteiger partial charge in [0, 0.05) is 12.6 Å². The molecule has 0 aromatic rings. The number of aliphatic hydroxyl groups excluding tert-OH is 1. The van der Waals surface area contributed by atoms with Gasteiger partial charge >= 0.3 is 6.09 Å². The Kier molecular flexibility index (Phi) is 5.96. The number of hydrogen-bond acceptors (Lipinski definition) is 3. The second kappa shape index (κ2) is 6.24. The molecular formula is C13H27NO3. The van der Waals surface area contributed by atoms with Crippen molar-refractivity contribution in [1.29, 1.82) is 0 Å². The van der Waals surface area contributed by atoms with Gasteiger partial charge in [-0.2, -0.15) is 0 Å². The zero-order valence-corrected chi connectivity index (χ0v) is 12.0. The summed E-state index contributed by atoms with van der Waals surface area (Å²) in [7, 11) is 0. The molecule has 17 heavy (non-hydrogen) atoms. The van der Waals surface area contributed by atoms with Crippen LogP contribution in [0.15, 0.2) is 0 Å². The van der Waals surface area contributed by atoms with Crippen molar-refractivity contribution in [2.75, 3.05) is 6.61 Å². The normalized spacial score (nSPS) is 14.3. The zero-order chi connectivity index (χ0) is 13.7. The van der Waals surface area contributed by atoms with Crippen molar-refractivity contribution in [1.82, 2.24) is 5.32 Å². The van der Waals surface area contributed by atoms with Crippen LogP contribution in [0, 0.1) is 5.41 Å². The molecule has 0 bridgehead atoms. The number of carbonyl (C=O) groups excluding carboxylic acids is 1. The third-order valence-electron chi connectivity index (χ3n) is 2.39. The molecule has 1 amide bonds. The van der Waals surface area contributed by atoms with E-state index in [-0.39, 0.29) is 18.1 Å². The van der Waals surface area contributed by atoms with Crippen LogP contribution in [0.25, 0.3) is 0 Å². The largest absolute Gasteiger partial charge is 0.444 e. The lowest BCUT2D eigenvalue weighted by Crippen LogP contribution is -2.45. The Hall–Kier alpha value is -0.770. The van der Waals surface area contributed by atoms with Crippen LogP contribution in [0.5, 0.6) is 0 Å². The number of aliphatic hydroxyl groups is 1. The highest BCUT2D eigenvalue weighted by Gasteiger charge is 2.27. The number of hydrogen-bond donors (Lipinski definition) is 2. The molecule has 0 fully saturated rings. The topological polar surface area (TPSA) is 58.6 Å². The summed E-state index contributed by atoms with van der Waals surface area (Å²) in [6, 6.07) is 0.00417. The number of ether oxygens (including phenoxy) is 1. The van der Waals surface area contributed by atoms with Crippen molar-refractivity contribution in [2.24, 2.45) is 5.41 Å². The van der Waals surface area contributed by atoms with Gasteiger partial charge in [0.2, 0.25) is 0 Å². The maximum Gasteiger partial charge on any atom is 0.407 e. The van der Waals surface area contributed by atoms with E-state index < -0.39 is 11.7 Å². The molecule has 0 aromatic heterocycles. The molecule has 0 heterocycles. The Labute approximate surface area is 105 Å². The Morgan fingerprint density at radius 3 is 2.12 bits per heavy atom. The van der Waals surface area contributed by atoms with Crippen LogP contribution < -0.4 is 5.32 Å². The Morgan fingerprint density at radius 2 is 1.76 bits per heavy atom. The third-order valence-corrected chi connectivity index (χ3v) is 2.39. The van der Waals surface area contributed by atoms with Gasteiger partial charge in [-0.3, -0.25) is 0 Å². The van der Waals surface area contributed by atoms with Crippen LogP contribution in [-0.2, 0) is 4.74 Å². The summed E-state index contributed by atoms with van der Waals surface area (Å²) in [5.74, 6) is 0. The molecule has 0 spiro atoms. The Balaban J connectivity index is 4.39. The zero-order valence-electron chi connectivity index (χ0n) is 12.0. The highest BCUT2D eigenvalue weighted by molar-refractivity contribution is 5.68. The van der Waals surface area contributed by atoms with E-state index in [2.05, 4.69) is 26.1 Å². The molecule has 0 aliphatic carbocycles. The van der Waals surface area contributed by atoms with Gasteiger partial charge in [-0.05, 0) is 39.0 Å². The van der Waals surface area contributed by atoms with Gasteiger partial charge in [-0.1, -0.05) is 20.8 Å². The van der Waals surface area contributed by atoms with E-state index in [1.807, 2.05) is 20.8 Å². The molecule has 0 aliphatic rings. The summed E-state index contributed by atoms with van der Waals surface area (Å²) in [4.78, 5) is 11.7. The molecule has 0 saturated heterocycles. The maximum absolute atomic E-state index is 11.7. The monoisotopic (exact) mass is 245 g/mol. The highest BCUT2D eigenvalue weighted by Crippen LogP contribution is 2.23. The number of nitrogens with one attached hydrogen (secondary N) is 1. The van der Waals surface area contributed by atoms with Gasteiger partial charge in [-0.15, -0.1) is 0 Å². The second-order valence-electron chi connectivity index (χ2n) is 6.43. The van der Waals surface area contributed by atoms with Crippen molar-refractivity contribution >= 4 is 6.09 Å². The minimum atomic E-state index is -0.483. The van der Waals surface area contributed by atoms with Crippen molar-refractivity contribution in [3.8, 4) is 0 Å². The van der Waals surface area contributed by atoms with Gasteiger partial charge < -0.3 is 15.2 Å². The molecule has 0 rings (SSSR count). The molecular weight excluding hydrogens is 218 g/mol. The lowest BCUT2D eigenvalue weighted by atomic mass is 9.84. The first-order valence-electron chi connectivity index (χ1n) is 6.16. The summed E-state index contributed by atoms with van der Waals surface area (Å²) in [6.45, 7) is 11.8. The number of rotatable bonds is 4. The average molecular weight is 245 g/mol. The molecule has 4 heteroatoms. The molecule has 0 aliphatic heterocycles. The molecule has 4 nitrogen and oxygen atoms in total. The minimum absolute atomic E-state index is 0.00417. The molecule has 2 N–H and O–H groups in total. The molecule has 1 atom stereocenters. The lowest BCUT2D eigenvalue weighted by molar-refractivity contribution is 0.0455. The van der Waals surface area contributed by atoms with Crippen LogP contribution in [0.1, 0.15) is 54.4 Å². The van der Waals surface area contributed by atoms with Gasteiger partial charge in [0.25, 0.3) is 0 Å².